The largest absolute Gasteiger partial charge is 0.444 e. The first kappa shape index (κ1) is 16.6. The molecule has 1 atom stereocenters. The number of carbonyl (C=O) groups is 1. The normalized spacial score (nSPS) is 20.9. The molecule has 0 spiro atoms. The van der Waals surface area contributed by atoms with Crippen molar-refractivity contribution in [2.45, 2.75) is 39.3 Å². The summed E-state index contributed by atoms with van der Waals surface area (Å²) in [5.74, 6) is 0.258. The highest BCUT2D eigenvalue weighted by molar-refractivity contribution is 6.30. The second-order valence-electron chi connectivity index (χ2n) is 5.88. The maximum Gasteiger partial charge on any atom is 0.410 e. The van der Waals surface area contributed by atoms with E-state index < -0.39 is 5.60 Å². The van der Waals surface area contributed by atoms with Gasteiger partial charge in [-0.05, 0) is 27.7 Å². The fourth-order valence-corrected chi connectivity index (χ4v) is 2.12. The lowest BCUT2D eigenvalue weighted by molar-refractivity contribution is 0.0133. The average Bonchev–Trinajstić information content (AvgIpc) is 2.25. The summed E-state index contributed by atoms with van der Waals surface area (Å²) in [5, 5.41) is 7.99. The lowest BCUT2D eigenvalue weighted by Crippen LogP contribution is -2.55. The van der Waals surface area contributed by atoms with E-state index in [9.17, 15) is 4.79 Å². The van der Waals surface area contributed by atoms with Crippen LogP contribution in [0.5, 0.6) is 0 Å². The van der Waals surface area contributed by atoms with Crippen LogP contribution in [0, 0.1) is 5.41 Å². The Hall–Kier alpha value is -1.43. The van der Waals surface area contributed by atoms with Crippen LogP contribution in [-0.2, 0) is 4.74 Å². The maximum absolute atomic E-state index is 12.0. The second-order valence-corrected chi connectivity index (χ2v) is 6.32. The van der Waals surface area contributed by atoms with E-state index in [1.54, 1.807) is 4.90 Å². The molecule has 1 aliphatic rings. The van der Waals surface area contributed by atoms with Crippen LogP contribution in [0.3, 0.4) is 0 Å². The predicted molar refractivity (Wildman–Crippen MR) is 79.8 cm³/mol. The number of nitrogens with zero attached hydrogens (tertiary/aromatic N) is 2. The summed E-state index contributed by atoms with van der Waals surface area (Å²) >= 11 is 5.58. The topological polar surface area (TPSA) is 82.7 Å². The van der Waals surface area contributed by atoms with Crippen LogP contribution in [0.1, 0.15) is 27.7 Å². The number of amidine groups is 1. The van der Waals surface area contributed by atoms with Gasteiger partial charge in [-0.3, -0.25) is 5.41 Å². The van der Waals surface area contributed by atoms with Crippen molar-refractivity contribution in [2.24, 2.45) is 5.73 Å². The molecular weight excluding hydrogens is 280 g/mol. The average molecular weight is 303 g/mol. The molecule has 0 aliphatic carbocycles. The quantitative estimate of drug-likeness (QED) is 0.440. The van der Waals surface area contributed by atoms with Crippen LogP contribution >= 0.6 is 11.6 Å². The first-order valence-electron chi connectivity index (χ1n) is 6.56. The number of ether oxygens (including phenoxy) is 1. The van der Waals surface area contributed by atoms with E-state index in [-0.39, 0.29) is 23.1 Å². The van der Waals surface area contributed by atoms with E-state index in [4.69, 9.17) is 27.5 Å². The van der Waals surface area contributed by atoms with Crippen molar-refractivity contribution in [3.8, 4) is 0 Å². The Morgan fingerprint density at radius 3 is 2.50 bits per heavy atom. The van der Waals surface area contributed by atoms with Gasteiger partial charge in [0.05, 0.1) is 0 Å². The van der Waals surface area contributed by atoms with Gasteiger partial charge in [0.15, 0.2) is 0 Å². The molecule has 114 valence electrons. The zero-order valence-electron chi connectivity index (χ0n) is 12.4. The number of piperazine rings is 1. The number of hydrogen-bond donors (Lipinski definition) is 2. The van der Waals surface area contributed by atoms with Crippen LogP contribution in [0.2, 0.25) is 0 Å². The summed E-state index contributed by atoms with van der Waals surface area (Å²) < 4.78 is 5.35. The summed E-state index contributed by atoms with van der Waals surface area (Å²) in [4.78, 5) is 15.5. The summed E-state index contributed by atoms with van der Waals surface area (Å²) in [7, 11) is 0. The van der Waals surface area contributed by atoms with Crippen molar-refractivity contribution in [3.63, 3.8) is 0 Å². The molecule has 7 heteroatoms. The molecule has 0 unspecified atom stereocenters. The first-order valence-corrected chi connectivity index (χ1v) is 6.94. The van der Waals surface area contributed by atoms with Gasteiger partial charge in [0.2, 0.25) is 0 Å². The number of rotatable bonds is 1. The monoisotopic (exact) mass is 302 g/mol. The van der Waals surface area contributed by atoms with Crippen molar-refractivity contribution in [3.05, 3.63) is 11.2 Å². The molecule has 1 heterocycles. The number of amides is 1. The molecule has 1 aliphatic heterocycles. The Bertz CT molecular complexity index is 413. The first-order chi connectivity index (χ1) is 9.10. The molecule has 0 aromatic heterocycles. The standard InChI is InChI=1S/C13H23ClN4O2/c1-9-8-17(12(19)20-13(2,3)4)5-6-18(9)11(16)7-10(14)15/h7,9,16H,5-6,8,15H2,1-4H3/t9-/m1/s1. The molecule has 6 nitrogen and oxygen atoms in total. The SMILES string of the molecule is C[C@@H]1CN(C(=O)OC(C)(C)C)CCN1C(=N)C=C(N)Cl. The Morgan fingerprint density at radius 1 is 1.45 bits per heavy atom. The van der Waals surface area contributed by atoms with Gasteiger partial charge in [-0.25, -0.2) is 4.79 Å². The van der Waals surface area contributed by atoms with Gasteiger partial charge in [0.25, 0.3) is 0 Å². The van der Waals surface area contributed by atoms with Gasteiger partial charge in [0, 0.05) is 31.8 Å². The molecule has 0 radical (unpaired) electrons. The molecule has 1 saturated heterocycles. The predicted octanol–water partition coefficient (Wildman–Crippen LogP) is 1.94. The molecule has 1 rings (SSSR count). The maximum atomic E-state index is 12.0. The highest BCUT2D eigenvalue weighted by atomic mass is 35.5. The van der Waals surface area contributed by atoms with E-state index in [2.05, 4.69) is 0 Å². The Balaban J connectivity index is 2.62. The van der Waals surface area contributed by atoms with Crippen LogP contribution in [-0.4, -0.2) is 53.0 Å². The highest BCUT2D eigenvalue weighted by Gasteiger charge is 2.30. The van der Waals surface area contributed by atoms with Crippen molar-refractivity contribution >= 4 is 23.5 Å². The second kappa shape index (κ2) is 6.35. The van der Waals surface area contributed by atoms with Crippen LogP contribution < -0.4 is 5.73 Å². The molecule has 1 amide bonds. The van der Waals surface area contributed by atoms with E-state index in [1.165, 1.54) is 6.08 Å². The van der Waals surface area contributed by atoms with Gasteiger partial charge < -0.3 is 20.3 Å². The minimum atomic E-state index is -0.500. The number of nitrogens with two attached hydrogens (primary N) is 1. The third-order valence-electron chi connectivity index (χ3n) is 2.86. The minimum Gasteiger partial charge on any atom is -0.444 e. The zero-order valence-corrected chi connectivity index (χ0v) is 13.2. The molecule has 0 bridgehead atoms. The van der Waals surface area contributed by atoms with Crippen molar-refractivity contribution < 1.29 is 9.53 Å². The summed E-state index contributed by atoms with van der Waals surface area (Å²) in [6, 6.07) is 0.0102. The Labute approximate surface area is 125 Å². The van der Waals surface area contributed by atoms with Crippen LogP contribution in [0.15, 0.2) is 11.2 Å². The highest BCUT2D eigenvalue weighted by Crippen LogP contribution is 2.15. The number of halogens is 1. The Kier molecular flexibility index (Phi) is 5.28. The number of hydrogen-bond acceptors (Lipinski definition) is 4. The summed E-state index contributed by atoms with van der Waals surface area (Å²) in [6.07, 6.45) is 1.09. The number of nitrogens with one attached hydrogen (secondary N) is 1. The molecular formula is C13H23ClN4O2. The molecule has 0 aromatic rings. The molecule has 0 saturated carbocycles. The van der Waals surface area contributed by atoms with Crippen LogP contribution in [0.25, 0.3) is 0 Å². The lowest BCUT2D eigenvalue weighted by Gasteiger charge is -2.40. The zero-order chi connectivity index (χ0) is 15.5. The third kappa shape index (κ3) is 4.92. The van der Waals surface area contributed by atoms with Gasteiger partial charge >= 0.3 is 6.09 Å². The van der Waals surface area contributed by atoms with Gasteiger partial charge in [0.1, 0.15) is 16.6 Å². The van der Waals surface area contributed by atoms with Crippen molar-refractivity contribution in [2.75, 3.05) is 19.6 Å². The van der Waals surface area contributed by atoms with Crippen molar-refractivity contribution in [1.29, 1.82) is 5.41 Å². The molecule has 3 N–H and O–H groups in total. The van der Waals surface area contributed by atoms with Gasteiger partial charge in [-0.2, -0.15) is 0 Å². The van der Waals surface area contributed by atoms with Crippen molar-refractivity contribution in [1.82, 2.24) is 9.80 Å². The summed E-state index contributed by atoms with van der Waals surface area (Å²) in [5.41, 5.74) is 4.86. The molecule has 20 heavy (non-hydrogen) atoms. The van der Waals surface area contributed by atoms with Gasteiger partial charge in [-0.15, -0.1) is 0 Å². The Morgan fingerprint density at radius 2 is 2.05 bits per heavy atom. The lowest BCUT2D eigenvalue weighted by atomic mass is 10.2. The van der Waals surface area contributed by atoms with E-state index in [1.807, 2.05) is 32.6 Å². The summed E-state index contributed by atoms with van der Waals surface area (Å²) in [6.45, 7) is 9.05. The van der Waals surface area contributed by atoms with Gasteiger partial charge in [-0.1, -0.05) is 11.6 Å². The minimum absolute atomic E-state index is 0.0102. The fraction of sp³-hybridized carbons (Fsp3) is 0.692. The van der Waals surface area contributed by atoms with E-state index in [0.717, 1.165) is 0 Å². The third-order valence-corrected chi connectivity index (χ3v) is 2.97. The van der Waals surface area contributed by atoms with E-state index in [0.29, 0.717) is 19.6 Å². The smallest absolute Gasteiger partial charge is 0.410 e. The van der Waals surface area contributed by atoms with E-state index >= 15 is 0 Å². The fourth-order valence-electron chi connectivity index (χ4n) is 2.02. The number of carbonyl (C=O) groups excluding carboxylic acids is 1. The van der Waals surface area contributed by atoms with Crippen LogP contribution in [0.4, 0.5) is 4.79 Å². The molecule has 1 fully saturated rings. The molecule has 0 aromatic carbocycles.